The van der Waals surface area contributed by atoms with Crippen LogP contribution in [-0.4, -0.2) is 6.61 Å². The van der Waals surface area contributed by atoms with Crippen LogP contribution < -0.4 is 10.5 Å². The summed E-state index contributed by atoms with van der Waals surface area (Å²) < 4.78 is 5.77. The van der Waals surface area contributed by atoms with E-state index >= 15 is 0 Å². The maximum Gasteiger partial charge on any atom is 0.124 e. The van der Waals surface area contributed by atoms with Gasteiger partial charge in [-0.05, 0) is 36.1 Å². The van der Waals surface area contributed by atoms with Crippen molar-refractivity contribution in [3.63, 3.8) is 0 Å². The Kier molecular flexibility index (Phi) is 4.43. The van der Waals surface area contributed by atoms with Crippen LogP contribution in [0, 0.1) is 5.92 Å². The lowest BCUT2D eigenvalue weighted by Crippen LogP contribution is -2.15. The van der Waals surface area contributed by atoms with E-state index in [1.165, 1.54) is 10.8 Å². The van der Waals surface area contributed by atoms with E-state index in [-0.39, 0.29) is 6.04 Å². The van der Waals surface area contributed by atoms with Crippen molar-refractivity contribution in [2.75, 3.05) is 6.61 Å². The molecule has 19 heavy (non-hydrogen) atoms. The van der Waals surface area contributed by atoms with Crippen LogP contribution in [0.4, 0.5) is 0 Å². The molecule has 2 aromatic carbocycles. The van der Waals surface area contributed by atoms with Crippen molar-refractivity contribution in [1.29, 1.82) is 0 Å². The molecule has 0 saturated carbocycles. The molecule has 0 aliphatic carbocycles. The molecule has 0 aromatic heterocycles. The largest absolute Gasteiger partial charge is 0.494 e. The standard InChI is InChI=1S/C17H23NO/c1-4-19-16-10-9-13-7-5-6-8-14(13)17(16)15(18)11-12(2)3/h5-10,12,15H,4,11,18H2,1-3H3/t15-/m1/s1. The van der Waals surface area contributed by atoms with Crippen molar-refractivity contribution in [2.45, 2.75) is 33.2 Å². The Labute approximate surface area is 115 Å². The Morgan fingerprint density at radius 1 is 1.11 bits per heavy atom. The van der Waals surface area contributed by atoms with Crippen molar-refractivity contribution in [1.82, 2.24) is 0 Å². The van der Waals surface area contributed by atoms with Crippen LogP contribution in [-0.2, 0) is 0 Å². The van der Waals surface area contributed by atoms with Gasteiger partial charge in [0.15, 0.2) is 0 Å². The maximum absolute atomic E-state index is 6.41. The summed E-state index contributed by atoms with van der Waals surface area (Å²) in [4.78, 5) is 0. The summed E-state index contributed by atoms with van der Waals surface area (Å²) in [6.45, 7) is 7.07. The SMILES string of the molecule is CCOc1ccc2ccccc2c1[C@H](N)CC(C)C. The molecule has 0 spiro atoms. The molecule has 2 aromatic rings. The summed E-state index contributed by atoms with van der Waals surface area (Å²) >= 11 is 0. The van der Waals surface area contributed by atoms with Gasteiger partial charge >= 0.3 is 0 Å². The van der Waals surface area contributed by atoms with Crippen molar-refractivity contribution in [3.8, 4) is 5.75 Å². The molecule has 0 unspecified atom stereocenters. The van der Waals surface area contributed by atoms with Crippen LogP contribution in [0.2, 0.25) is 0 Å². The molecule has 0 aliphatic heterocycles. The Balaban J connectivity index is 2.54. The summed E-state index contributed by atoms with van der Waals surface area (Å²) in [6.07, 6.45) is 0.966. The Bertz CT molecular complexity index is 548. The molecule has 2 N–H and O–H groups in total. The van der Waals surface area contributed by atoms with E-state index in [1.807, 2.05) is 13.0 Å². The van der Waals surface area contributed by atoms with Gasteiger partial charge in [0.05, 0.1) is 6.61 Å². The molecule has 0 aliphatic rings. The average molecular weight is 257 g/mol. The van der Waals surface area contributed by atoms with E-state index in [2.05, 4.69) is 44.2 Å². The topological polar surface area (TPSA) is 35.2 Å². The molecular weight excluding hydrogens is 234 g/mol. The molecular formula is C17H23NO. The first-order valence-corrected chi connectivity index (χ1v) is 7.03. The van der Waals surface area contributed by atoms with Gasteiger partial charge in [0.1, 0.15) is 5.75 Å². The molecule has 0 fully saturated rings. The van der Waals surface area contributed by atoms with Gasteiger partial charge in [0.2, 0.25) is 0 Å². The fourth-order valence-corrected chi connectivity index (χ4v) is 2.57. The minimum atomic E-state index is 0.0210. The number of rotatable bonds is 5. The van der Waals surface area contributed by atoms with Crippen molar-refractivity contribution < 1.29 is 4.74 Å². The predicted octanol–water partition coefficient (Wildman–Crippen LogP) is 4.28. The second-order valence-corrected chi connectivity index (χ2v) is 5.37. The quantitative estimate of drug-likeness (QED) is 0.867. The van der Waals surface area contributed by atoms with Crippen LogP contribution in [0.25, 0.3) is 10.8 Å². The predicted molar refractivity (Wildman–Crippen MR) is 81.5 cm³/mol. The van der Waals surface area contributed by atoms with Crippen LogP contribution in [0.1, 0.15) is 38.8 Å². The summed E-state index contributed by atoms with van der Waals surface area (Å²) in [5, 5.41) is 2.43. The molecule has 1 atom stereocenters. The highest BCUT2D eigenvalue weighted by Crippen LogP contribution is 2.34. The maximum atomic E-state index is 6.41. The first-order valence-electron chi connectivity index (χ1n) is 7.03. The highest BCUT2D eigenvalue weighted by Gasteiger charge is 2.16. The van der Waals surface area contributed by atoms with Crippen molar-refractivity contribution in [3.05, 3.63) is 42.0 Å². The van der Waals surface area contributed by atoms with Crippen molar-refractivity contribution in [2.24, 2.45) is 11.7 Å². The number of fused-ring (bicyclic) bond motifs is 1. The van der Waals surface area contributed by atoms with Gasteiger partial charge in [-0.15, -0.1) is 0 Å². The van der Waals surface area contributed by atoms with Gasteiger partial charge in [0.25, 0.3) is 0 Å². The third-order valence-electron chi connectivity index (χ3n) is 3.33. The molecule has 0 bridgehead atoms. The van der Waals surface area contributed by atoms with Crippen molar-refractivity contribution >= 4 is 10.8 Å². The van der Waals surface area contributed by atoms with E-state index in [1.54, 1.807) is 0 Å². The van der Waals surface area contributed by atoms with Crippen LogP contribution in [0.3, 0.4) is 0 Å². The first-order chi connectivity index (χ1) is 9.13. The second-order valence-electron chi connectivity index (χ2n) is 5.37. The molecule has 102 valence electrons. The molecule has 0 amide bonds. The third-order valence-corrected chi connectivity index (χ3v) is 3.33. The first kappa shape index (κ1) is 13.9. The smallest absolute Gasteiger partial charge is 0.124 e. The fraction of sp³-hybridized carbons (Fsp3) is 0.412. The zero-order chi connectivity index (χ0) is 13.8. The zero-order valence-corrected chi connectivity index (χ0v) is 12.0. The number of nitrogens with two attached hydrogens (primary N) is 1. The lowest BCUT2D eigenvalue weighted by Gasteiger charge is -2.20. The minimum absolute atomic E-state index is 0.0210. The van der Waals surface area contributed by atoms with Crippen LogP contribution in [0.5, 0.6) is 5.75 Å². The lowest BCUT2D eigenvalue weighted by molar-refractivity contribution is 0.333. The van der Waals surface area contributed by atoms with E-state index in [9.17, 15) is 0 Å². The van der Waals surface area contributed by atoms with Gasteiger partial charge in [-0.1, -0.05) is 44.2 Å². The number of ether oxygens (including phenoxy) is 1. The molecule has 2 nitrogen and oxygen atoms in total. The number of hydrogen-bond donors (Lipinski definition) is 1. The minimum Gasteiger partial charge on any atom is -0.494 e. The molecule has 2 rings (SSSR count). The average Bonchev–Trinajstić information content (AvgIpc) is 2.37. The molecule has 0 heterocycles. The summed E-state index contributed by atoms with van der Waals surface area (Å²) in [5.41, 5.74) is 7.56. The number of hydrogen-bond acceptors (Lipinski definition) is 2. The van der Waals surface area contributed by atoms with E-state index in [0.29, 0.717) is 12.5 Å². The molecule has 0 saturated heterocycles. The number of benzene rings is 2. The summed E-state index contributed by atoms with van der Waals surface area (Å²) in [5.74, 6) is 1.50. The highest BCUT2D eigenvalue weighted by molar-refractivity contribution is 5.88. The fourth-order valence-electron chi connectivity index (χ4n) is 2.57. The van der Waals surface area contributed by atoms with Gasteiger partial charge in [0, 0.05) is 11.6 Å². The molecule has 0 radical (unpaired) electrons. The van der Waals surface area contributed by atoms with Crippen LogP contribution >= 0.6 is 0 Å². The van der Waals surface area contributed by atoms with Gasteiger partial charge in [-0.3, -0.25) is 0 Å². The van der Waals surface area contributed by atoms with Gasteiger partial charge in [-0.2, -0.15) is 0 Å². The highest BCUT2D eigenvalue weighted by atomic mass is 16.5. The Morgan fingerprint density at radius 3 is 2.53 bits per heavy atom. The van der Waals surface area contributed by atoms with E-state index < -0.39 is 0 Å². The Hall–Kier alpha value is -1.54. The monoisotopic (exact) mass is 257 g/mol. The van der Waals surface area contributed by atoms with Gasteiger partial charge < -0.3 is 10.5 Å². The zero-order valence-electron chi connectivity index (χ0n) is 12.0. The molecule has 2 heteroatoms. The summed E-state index contributed by atoms with van der Waals surface area (Å²) in [7, 11) is 0. The van der Waals surface area contributed by atoms with E-state index in [0.717, 1.165) is 17.7 Å². The summed E-state index contributed by atoms with van der Waals surface area (Å²) in [6, 6.07) is 12.5. The van der Waals surface area contributed by atoms with Crippen LogP contribution in [0.15, 0.2) is 36.4 Å². The third kappa shape index (κ3) is 3.07. The second kappa shape index (κ2) is 6.07. The van der Waals surface area contributed by atoms with E-state index in [4.69, 9.17) is 10.5 Å². The lowest BCUT2D eigenvalue weighted by atomic mass is 9.92. The normalized spacial score (nSPS) is 12.9. The van der Waals surface area contributed by atoms with Gasteiger partial charge in [-0.25, -0.2) is 0 Å². The Morgan fingerprint density at radius 2 is 1.84 bits per heavy atom.